The van der Waals surface area contributed by atoms with Crippen LogP contribution >= 0.6 is 0 Å². The molecule has 0 saturated carbocycles. The maximum absolute atomic E-state index is 11.8. The van der Waals surface area contributed by atoms with Crippen molar-refractivity contribution in [2.75, 3.05) is 7.05 Å². The lowest BCUT2D eigenvalue weighted by Crippen LogP contribution is -2.13. The molecule has 1 aromatic rings. The predicted molar refractivity (Wildman–Crippen MR) is 53.7 cm³/mol. The summed E-state index contributed by atoms with van der Waals surface area (Å²) in [5.74, 6) is 2.65. The highest BCUT2D eigenvalue weighted by atomic mass is 19.3. The van der Waals surface area contributed by atoms with E-state index in [1.165, 1.54) is 12.1 Å². The molecule has 0 aliphatic carbocycles. The Bertz CT molecular complexity index is 343. The second-order valence-electron chi connectivity index (χ2n) is 2.84. The molecular formula is C11H11F2NO. The minimum Gasteiger partial charge on any atom is -0.435 e. The smallest absolute Gasteiger partial charge is 0.387 e. The topological polar surface area (TPSA) is 21.3 Å². The SMILES string of the molecule is C#CC(NC)c1ccc(OC(F)F)cc1. The van der Waals surface area contributed by atoms with E-state index >= 15 is 0 Å². The van der Waals surface area contributed by atoms with Crippen LogP contribution in [0.15, 0.2) is 24.3 Å². The number of ether oxygens (including phenoxy) is 1. The average Bonchev–Trinajstić information content (AvgIpc) is 2.21. The summed E-state index contributed by atoms with van der Waals surface area (Å²) in [6.45, 7) is -2.80. The van der Waals surface area contributed by atoms with Crippen molar-refractivity contribution in [3.63, 3.8) is 0 Å². The first-order chi connectivity index (χ1) is 7.17. The molecule has 0 amide bonds. The number of benzene rings is 1. The minimum absolute atomic E-state index is 0.126. The lowest BCUT2D eigenvalue weighted by molar-refractivity contribution is -0.0498. The standard InChI is InChI=1S/C11H11F2NO/c1-3-10(14-2)8-4-6-9(7-5-8)15-11(12)13/h1,4-7,10-11,14H,2H3. The Balaban J connectivity index is 2.76. The molecule has 0 aromatic heterocycles. The van der Waals surface area contributed by atoms with Crippen molar-refractivity contribution in [2.24, 2.45) is 0 Å². The van der Waals surface area contributed by atoms with E-state index < -0.39 is 6.61 Å². The molecule has 0 aliphatic rings. The summed E-state index contributed by atoms with van der Waals surface area (Å²) in [4.78, 5) is 0. The van der Waals surface area contributed by atoms with Gasteiger partial charge in [-0.2, -0.15) is 8.78 Å². The van der Waals surface area contributed by atoms with Crippen molar-refractivity contribution in [3.8, 4) is 18.1 Å². The lowest BCUT2D eigenvalue weighted by Gasteiger charge is -2.10. The van der Waals surface area contributed by atoms with E-state index in [9.17, 15) is 8.78 Å². The van der Waals surface area contributed by atoms with Crippen LogP contribution in [0.3, 0.4) is 0 Å². The van der Waals surface area contributed by atoms with Crippen molar-refractivity contribution >= 4 is 0 Å². The first kappa shape index (κ1) is 11.5. The number of rotatable bonds is 4. The van der Waals surface area contributed by atoms with Gasteiger partial charge in [-0.25, -0.2) is 0 Å². The summed E-state index contributed by atoms with van der Waals surface area (Å²) in [7, 11) is 1.73. The highest BCUT2D eigenvalue weighted by Crippen LogP contribution is 2.18. The average molecular weight is 211 g/mol. The van der Waals surface area contributed by atoms with E-state index in [-0.39, 0.29) is 11.8 Å². The normalized spacial score (nSPS) is 12.2. The van der Waals surface area contributed by atoms with Crippen molar-refractivity contribution in [3.05, 3.63) is 29.8 Å². The first-order valence-electron chi connectivity index (χ1n) is 4.35. The van der Waals surface area contributed by atoms with Crippen molar-refractivity contribution in [1.82, 2.24) is 5.32 Å². The molecule has 1 rings (SSSR count). The van der Waals surface area contributed by atoms with Crippen LogP contribution in [0.25, 0.3) is 0 Å². The summed E-state index contributed by atoms with van der Waals surface area (Å²) < 4.78 is 27.9. The van der Waals surface area contributed by atoms with E-state index in [0.717, 1.165) is 5.56 Å². The number of hydrogen-bond acceptors (Lipinski definition) is 2. The molecule has 1 unspecified atom stereocenters. The zero-order valence-corrected chi connectivity index (χ0v) is 8.21. The van der Waals surface area contributed by atoms with E-state index in [4.69, 9.17) is 6.42 Å². The van der Waals surface area contributed by atoms with Gasteiger partial charge in [-0.1, -0.05) is 18.1 Å². The van der Waals surface area contributed by atoms with Gasteiger partial charge in [-0.05, 0) is 24.7 Å². The fourth-order valence-corrected chi connectivity index (χ4v) is 1.19. The van der Waals surface area contributed by atoms with Gasteiger partial charge in [0.15, 0.2) is 0 Å². The largest absolute Gasteiger partial charge is 0.435 e. The number of nitrogens with one attached hydrogen (secondary N) is 1. The lowest BCUT2D eigenvalue weighted by atomic mass is 10.1. The summed E-state index contributed by atoms with van der Waals surface area (Å²) in [6, 6.07) is 6.01. The van der Waals surface area contributed by atoms with Gasteiger partial charge < -0.3 is 10.1 Å². The molecular weight excluding hydrogens is 200 g/mol. The van der Waals surface area contributed by atoms with E-state index in [0.29, 0.717) is 0 Å². The van der Waals surface area contributed by atoms with E-state index in [1.807, 2.05) is 0 Å². The van der Waals surface area contributed by atoms with Crippen molar-refractivity contribution < 1.29 is 13.5 Å². The number of hydrogen-bond donors (Lipinski definition) is 1. The molecule has 0 fully saturated rings. The van der Waals surface area contributed by atoms with Gasteiger partial charge in [0.25, 0.3) is 0 Å². The first-order valence-corrected chi connectivity index (χ1v) is 4.35. The van der Waals surface area contributed by atoms with Gasteiger partial charge >= 0.3 is 6.61 Å². The molecule has 0 bridgehead atoms. The highest BCUT2D eigenvalue weighted by molar-refractivity contribution is 5.32. The summed E-state index contributed by atoms with van der Waals surface area (Å²) in [5.41, 5.74) is 0.835. The second kappa shape index (κ2) is 5.32. The van der Waals surface area contributed by atoms with Crippen LogP contribution < -0.4 is 10.1 Å². The summed E-state index contributed by atoms with van der Waals surface area (Å²) in [5, 5.41) is 2.90. The van der Waals surface area contributed by atoms with Gasteiger partial charge in [0.05, 0.1) is 6.04 Å². The predicted octanol–water partition coefficient (Wildman–Crippen LogP) is 2.18. The monoisotopic (exact) mass is 211 g/mol. The number of halogens is 2. The van der Waals surface area contributed by atoms with Gasteiger partial charge in [0, 0.05) is 0 Å². The van der Waals surface area contributed by atoms with E-state index in [1.54, 1.807) is 19.2 Å². The Morgan fingerprint density at radius 2 is 1.93 bits per heavy atom. The van der Waals surface area contributed by atoms with Gasteiger partial charge in [-0.3, -0.25) is 0 Å². The maximum atomic E-state index is 11.8. The van der Waals surface area contributed by atoms with Crippen LogP contribution in [0.4, 0.5) is 8.78 Å². The minimum atomic E-state index is -2.80. The maximum Gasteiger partial charge on any atom is 0.387 e. The third-order valence-corrected chi connectivity index (χ3v) is 1.89. The van der Waals surface area contributed by atoms with Crippen LogP contribution in [-0.2, 0) is 0 Å². The molecule has 0 spiro atoms. The molecule has 1 N–H and O–H groups in total. The quantitative estimate of drug-likeness (QED) is 0.771. The Morgan fingerprint density at radius 1 is 1.33 bits per heavy atom. The molecule has 0 radical (unpaired) electrons. The Labute approximate surface area is 87.2 Å². The third kappa shape index (κ3) is 3.22. The zero-order valence-electron chi connectivity index (χ0n) is 8.21. The fourth-order valence-electron chi connectivity index (χ4n) is 1.19. The third-order valence-electron chi connectivity index (χ3n) is 1.89. The molecule has 2 nitrogen and oxygen atoms in total. The highest BCUT2D eigenvalue weighted by Gasteiger charge is 2.07. The summed E-state index contributed by atoms with van der Waals surface area (Å²) >= 11 is 0. The van der Waals surface area contributed by atoms with Crippen LogP contribution in [0.5, 0.6) is 5.75 Å². The van der Waals surface area contributed by atoms with Gasteiger partial charge in [0.2, 0.25) is 0 Å². The molecule has 0 aliphatic heterocycles. The Morgan fingerprint density at radius 3 is 2.33 bits per heavy atom. The van der Waals surface area contributed by atoms with Crippen LogP contribution in [0.2, 0.25) is 0 Å². The number of terminal acetylenes is 1. The molecule has 0 heterocycles. The molecule has 15 heavy (non-hydrogen) atoms. The van der Waals surface area contributed by atoms with Crippen LogP contribution in [0, 0.1) is 12.3 Å². The molecule has 0 saturated heterocycles. The fraction of sp³-hybridized carbons (Fsp3) is 0.273. The van der Waals surface area contributed by atoms with Crippen molar-refractivity contribution in [2.45, 2.75) is 12.7 Å². The molecule has 4 heteroatoms. The van der Waals surface area contributed by atoms with Gasteiger partial charge in [-0.15, -0.1) is 6.42 Å². The van der Waals surface area contributed by atoms with Crippen LogP contribution in [-0.4, -0.2) is 13.7 Å². The number of alkyl halides is 2. The summed E-state index contributed by atoms with van der Waals surface area (Å²) in [6.07, 6.45) is 5.27. The van der Waals surface area contributed by atoms with Gasteiger partial charge in [0.1, 0.15) is 5.75 Å². The van der Waals surface area contributed by atoms with Crippen LogP contribution in [0.1, 0.15) is 11.6 Å². The molecule has 80 valence electrons. The molecule has 1 aromatic carbocycles. The van der Waals surface area contributed by atoms with Crippen molar-refractivity contribution in [1.29, 1.82) is 0 Å². The Kier molecular flexibility index (Phi) is 4.07. The zero-order chi connectivity index (χ0) is 11.3. The molecule has 1 atom stereocenters. The second-order valence-corrected chi connectivity index (χ2v) is 2.84. The van der Waals surface area contributed by atoms with E-state index in [2.05, 4.69) is 16.0 Å². The Hall–Kier alpha value is -1.60.